The average molecular weight is 579 g/mol. The maximum Gasteiger partial charge on any atom is 0.229 e. The Morgan fingerprint density at radius 1 is 0.829 bits per heavy atom. The highest BCUT2D eigenvalue weighted by molar-refractivity contribution is 5.86. The fraction of sp³-hybridized carbons (Fsp3) is 0.444. The van der Waals surface area contributed by atoms with Crippen LogP contribution in [0.5, 0.6) is 17.2 Å². The van der Waals surface area contributed by atoms with Gasteiger partial charge < -0.3 is 64.2 Å². The summed E-state index contributed by atoms with van der Waals surface area (Å²) in [5, 5.41) is 81.4. The smallest absolute Gasteiger partial charge is 0.229 e. The molecule has 1 aromatic heterocycles. The topological polar surface area (TPSA) is 229 Å². The van der Waals surface area contributed by atoms with Crippen LogP contribution in [0.4, 0.5) is 0 Å². The zero-order chi connectivity index (χ0) is 29.6. The first-order valence-corrected chi connectivity index (χ1v) is 12.7. The Labute approximate surface area is 231 Å². The first kappa shape index (κ1) is 29.2. The molecule has 0 aliphatic carbocycles. The van der Waals surface area contributed by atoms with E-state index in [1.807, 2.05) is 0 Å². The number of ether oxygens (including phenoxy) is 4. The van der Waals surface area contributed by atoms with Crippen LogP contribution in [0.3, 0.4) is 0 Å². The summed E-state index contributed by atoms with van der Waals surface area (Å²) in [5.41, 5.74) is -0.182. The molecule has 0 saturated carbocycles. The lowest BCUT2D eigenvalue weighted by Gasteiger charge is -2.45. The van der Waals surface area contributed by atoms with E-state index in [4.69, 9.17) is 23.4 Å². The van der Waals surface area contributed by atoms with Crippen molar-refractivity contribution < 1.29 is 64.2 Å². The summed E-state index contributed by atoms with van der Waals surface area (Å²) in [7, 11) is 0. The Hall–Kier alpha value is -3.31. The predicted octanol–water partition coefficient (Wildman–Crippen LogP) is -1.10. The molecule has 10 atom stereocenters. The molecule has 5 rings (SSSR count). The lowest BCUT2D eigenvalue weighted by atomic mass is 9.97. The van der Waals surface area contributed by atoms with Gasteiger partial charge in [-0.1, -0.05) is 0 Å². The zero-order valence-electron chi connectivity index (χ0n) is 21.5. The second kappa shape index (κ2) is 11.5. The Bertz CT molecular complexity index is 1420. The monoisotopic (exact) mass is 578 g/mol. The van der Waals surface area contributed by atoms with Gasteiger partial charge in [0.25, 0.3) is 0 Å². The van der Waals surface area contributed by atoms with Crippen molar-refractivity contribution in [1.82, 2.24) is 0 Å². The van der Waals surface area contributed by atoms with Crippen molar-refractivity contribution in [2.45, 2.75) is 68.3 Å². The Morgan fingerprint density at radius 2 is 1.54 bits per heavy atom. The Balaban J connectivity index is 1.47. The van der Waals surface area contributed by atoms with Gasteiger partial charge in [-0.2, -0.15) is 0 Å². The molecule has 14 nitrogen and oxygen atoms in total. The van der Waals surface area contributed by atoms with Crippen molar-refractivity contribution in [2.24, 2.45) is 0 Å². The van der Waals surface area contributed by atoms with Gasteiger partial charge in [-0.05, 0) is 31.2 Å². The number of hydrogen-bond donors (Lipinski definition) is 8. The highest BCUT2D eigenvalue weighted by Crippen LogP contribution is 2.35. The minimum atomic E-state index is -1.76. The number of aliphatic hydroxyl groups is 6. The summed E-state index contributed by atoms with van der Waals surface area (Å²) in [6.07, 6.45) is -15.3. The molecule has 3 aromatic rings. The molecule has 222 valence electrons. The van der Waals surface area contributed by atoms with Gasteiger partial charge in [0.1, 0.15) is 70.6 Å². The van der Waals surface area contributed by atoms with Gasteiger partial charge >= 0.3 is 0 Å². The number of rotatable bonds is 6. The molecule has 0 amide bonds. The highest BCUT2D eigenvalue weighted by atomic mass is 16.8. The number of aliphatic hydroxyl groups excluding tert-OH is 6. The number of fused-ring (bicyclic) bond motifs is 1. The summed E-state index contributed by atoms with van der Waals surface area (Å²) in [6, 6.07) is 9.38. The van der Waals surface area contributed by atoms with Gasteiger partial charge in [-0.3, -0.25) is 4.79 Å². The lowest BCUT2D eigenvalue weighted by Crippen LogP contribution is -2.64. The Morgan fingerprint density at radius 3 is 2.22 bits per heavy atom. The number of phenols is 2. The fourth-order valence-corrected chi connectivity index (χ4v) is 4.79. The van der Waals surface area contributed by atoms with Crippen LogP contribution < -0.4 is 10.2 Å². The van der Waals surface area contributed by atoms with E-state index < -0.39 is 79.2 Å². The molecule has 0 spiro atoms. The van der Waals surface area contributed by atoms with Crippen molar-refractivity contribution in [2.75, 3.05) is 6.61 Å². The van der Waals surface area contributed by atoms with Crippen LogP contribution in [-0.4, -0.2) is 109 Å². The summed E-state index contributed by atoms with van der Waals surface area (Å²) in [5.74, 6) is -0.498. The van der Waals surface area contributed by atoms with Crippen LogP contribution in [-0.2, 0) is 14.2 Å². The van der Waals surface area contributed by atoms with E-state index in [0.717, 1.165) is 6.07 Å². The normalized spacial score (nSPS) is 34.0. The molecule has 3 heterocycles. The molecule has 2 aliphatic rings. The van der Waals surface area contributed by atoms with Crippen molar-refractivity contribution >= 4 is 11.0 Å². The fourth-order valence-electron chi connectivity index (χ4n) is 4.79. The Kier molecular flexibility index (Phi) is 8.20. The minimum absolute atomic E-state index is 0.00857. The number of phenolic OH excluding ortho intramolecular Hbond substituents is 2. The van der Waals surface area contributed by atoms with Crippen LogP contribution in [0.2, 0.25) is 0 Å². The summed E-state index contributed by atoms with van der Waals surface area (Å²) < 4.78 is 28.4. The van der Waals surface area contributed by atoms with Crippen molar-refractivity contribution in [3.05, 3.63) is 52.7 Å². The molecule has 2 aliphatic heterocycles. The van der Waals surface area contributed by atoms with Crippen LogP contribution in [0.25, 0.3) is 22.3 Å². The quantitative estimate of drug-likeness (QED) is 0.174. The predicted molar refractivity (Wildman–Crippen MR) is 137 cm³/mol. The molecule has 2 aromatic carbocycles. The van der Waals surface area contributed by atoms with E-state index >= 15 is 0 Å². The van der Waals surface area contributed by atoms with E-state index in [2.05, 4.69) is 0 Å². The maximum atomic E-state index is 12.8. The largest absolute Gasteiger partial charge is 0.508 e. The van der Waals surface area contributed by atoms with E-state index in [1.54, 1.807) is 0 Å². The third-order valence-electron chi connectivity index (χ3n) is 7.11. The summed E-state index contributed by atoms with van der Waals surface area (Å²) in [4.78, 5) is 12.8. The molecule has 8 N–H and O–H groups in total. The van der Waals surface area contributed by atoms with Crippen LogP contribution in [0.15, 0.2) is 51.7 Å². The van der Waals surface area contributed by atoms with Crippen molar-refractivity contribution in [3.8, 4) is 28.6 Å². The van der Waals surface area contributed by atoms with E-state index in [-0.39, 0.29) is 28.2 Å². The minimum Gasteiger partial charge on any atom is -0.508 e. The van der Waals surface area contributed by atoms with Crippen molar-refractivity contribution in [1.29, 1.82) is 0 Å². The summed E-state index contributed by atoms with van der Waals surface area (Å²) in [6.45, 7) is 0.704. The SMILES string of the molecule is CC1O[C@@H](OC2[C@H](Oc3cc(O)c4c(=O)cc(-c5ccc(O)cc5)oc4c3)OC(CO)[C@@H](O)[C@H]2O)C(O)[C@@H](O)[C@H]1O. The molecule has 2 saturated heterocycles. The molecular weight excluding hydrogens is 548 g/mol. The standard InChI is InChI=1S/C27H30O14/c1-10-20(32)22(34)24(36)26(37-10)41-25-23(35)21(33)18(9-28)40-27(25)38-13-6-14(30)19-15(31)8-16(39-17(19)7-13)11-2-4-12(29)5-3-11/h2-8,10,18,20-30,32-36H,9H2,1H3/t10?,18?,20-,21+,22-,23+,24?,25?,26-,27+/m0/s1. The third kappa shape index (κ3) is 5.61. The average Bonchev–Trinajstić information content (AvgIpc) is 2.94. The van der Waals surface area contributed by atoms with E-state index in [0.29, 0.717) is 5.56 Å². The second-order valence-corrected chi connectivity index (χ2v) is 9.94. The van der Waals surface area contributed by atoms with Gasteiger partial charge in [0.15, 0.2) is 17.8 Å². The first-order valence-electron chi connectivity index (χ1n) is 12.7. The number of aromatic hydroxyl groups is 2. The summed E-state index contributed by atoms with van der Waals surface area (Å²) >= 11 is 0. The zero-order valence-corrected chi connectivity index (χ0v) is 21.5. The van der Waals surface area contributed by atoms with Gasteiger partial charge in [-0.15, -0.1) is 0 Å². The van der Waals surface area contributed by atoms with Crippen molar-refractivity contribution in [3.63, 3.8) is 0 Å². The molecule has 2 fully saturated rings. The van der Waals surface area contributed by atoms with Gasteiger partial charge in [0, 0.05) is 23.8 Å². The third-order valence-corrected chi connectivity index (χ3v) is 7.11. The van der Waals surface area contributed by atoms with Crippen LogP contribution in [0, 0.1) is 0 Å². The van der Waals surface area contributed by atoms with Gasteiger partial charge in [0.2, 0.25) is 6.29 Å². The van der Waals surface area contributed by atoms with Crippen LogP contribution in [0.1, 0.15) is 6.92 Å². The lowest BCUT2D eigenvalue weighted by molar-refractivity contribution is -0.354. The first-order chi connectivity index (χ1) is 19.5. The maximum absolute atomic E-state index is 12.8. The number of benzene rings is 2. The highest BCUT2D eigenvalue weighted by Gasteiger charge is 2.50. The molecule has 4 unspecified atom stereocenters. The number of hydrogen-bond acceptors (Lipinski definition) is 14. The second-order valence-electron chi connectivity index (χ2n) is 9.94. The van der Waals surface area contributed by atoms with E-state index in [9.17, 15) is 45.6 Å². The molecule has 41 heavy (non-hydrogen) atoms. The van der Waals surface area contributed by atoms with E-state index in [1.165, 1.54) is 43.3 Å². The van der Waals surface area contributed by atoms with Crippen LogP contribution >= 0.6 is 0 Å². The van der Waals surface area contributed by atoms with Gasteiger partial charge in [-0.25, -0.2) is 0 Å². The molecule has 0 bridgehead atoms. The molecule has 0 radical (unpaired) electrons. The molecule has 14 heteroatoms. The van der Waals surface area contributed by atoms with Gasteiger partial charge in [0.05, 0.1) is 12.7 Å². The molecular formula is C27H30O14.